The van der Waals surface area contributed by atoms with Crippen molar-refractivity contribution in [3.05, 3.63) is 33.8 Å². The predicted molar refractivity (Wildman–Crippen MR) is 108 cm³/mol. The van der Waals surface area contributed by atoms with Crippen LogP contribution in [0.15, 0.2) is 18.3 Å². The Morgan fingerprint density at radius 2 is 2.04 bits per heavy atom. The highest BCUT2D eigenvalue weighted by atomic mass is 32.2. The van der Waals surface area contributed by atoms with E-state index in [1.54, 1.807) is 12.1 Å². The van der Waals surface area contributed by atoms with E-state index in [0.717, 1.165) is 22.9 Å². The lowest BCUT2D eigenvalue weighted by atomic mass is 10.1. The number of hydrogen-bond donors (Lipinski definition) is 2. The number of nitrogens with zero attached hydrogens (tertiary/aromatic N) is 1. The summed E-state index contributed by atoms with van der Waals surface area (Å²) in [5, 5.41) is 6.62. The van der Waals surface area contributed by atoms with Gasteiger partial charge in [0.1, 0.15) is 4.88 Å². The summed E-state index contributed by atoms with van der Waals surface area (Å²) in [6.07, 6.45) is 2.48. The zero-order valence-corrected chi connectivity index (χ0v) is 17.0. The molecule has 144 valence electrons. The minimum Gasteiger partial charge on any atom is -0.493 e. The molecular weight excluding hydrogens is 386 g/mol. The van der Waals surface area contributed by atoms with Crippen molar-refractivity contribution < 1.29 is 19.1 Å². The Balaban J connectivity index is 1.88. The van der Waals surface area contributed by atoms with Gasteiger partial charge < -0.3 is 20.1 Å². The van der Waals surface area contributed by atoms with Crippen LogP contribution in [0.25, 0.3) is 0 Å². The number of anilines is 1. The van der Waals surface area contributed by atoms with Crippen LogP contribution in [0.1, 0.15) is 31.5 Å². The number of ether oxygens (including phenoxy) is 2. The van der Waals surface area contributed by atoms with Gasteiger partial charge in [0, 0.05) is 17.4 Å². The molecule has 1 aromatic heterocycles. The lowest BCUT2D eigenvalue weighted by Gasteiger charge is -2.17. The van der Waals surface area contributed by atoms with E-state index in [-0.39, 0.29) is 17.9 Å². The van der Waals surface area contributed by atoms with Gasteiger partial charge in [0.05, 0.1) is 31.1 Å². The van der Waals surface area contributed by atoms with Crippen molar-refractivity contribution in [2.75, 3.05) is 31.0 Å². The van der Waals surface area contributed by atoms with Crippen molar-refractivity contribution in [3.8, 4) is 11.5 Å². The SMILES string of the molecule is COc1cc(C(=O)NC2CCSC2)cc(NC(=O)c2cnc(C)s2)c1OC. The van der Waals surface area contributed by atoms with E-state index in [9.17, 15) is 9.59 Å². The van der Waals surface area contributed by atoms with Gasteiger partial charge in [0.15, 0.2) is 11.5 Å². The smallest absolute Gasteiger partial charge is 0.267 e. The first-order chi connectivity index (χ1) is 13.0. The van der Waals surface area contributed by atoms with E-state index in [2.05, 4.69) is 15.6 Å². The van der Waals surface area contributed by atoms with Crippen LogP contribution in [-0.2, 0) is 0 Å². The normalized spacial score (nSPS) is 16.0. The van der Waals surface area contributed by atoms with Crippen molar-refractivity contribution in [3.63, 3.8) is 0 Å². The van der Waals surface area contributed by atoms with Gasteiger partial charge in [-0.15, -0.1) is 11.3 Å². The standard InChI is InChI=1S/C18H21N3O4S2/c1-10-19-8-15(27-10)18(23)21-13-6-11(7-14(24-2)16(13)25-3)17(22)20-12-4-5-26-9-12/h6-8,12H,4-5,9H2,1-3H3,(H,20,22)(H,21,23). The topological polar surface area (TPSA) is 89.6 Å². The zero-order chi connectivity index (χ0) is 19.4. The third kappa shape index (κ3) is 4.54. The lowest BCUT2D eigenvalue weighted by molar-refractivity contribution is 0.0939. The summed E-state index contributed by atoms with van der Waals surface area (Å²) in [6, 6.07) is 3.38. The van der Waals surface area contributed by atoms with Crippen LogP contribution in [0.5, 0.6) is 11.5 Å². The monoisotopic (exact) mass is 407 g/mol. The molecule has 3 rings (SSSR count). The maximum absolute atomic E-state index is 12.6. The molecule has 7 nitrogen and oxygen atoms in total. The molecule has 0 aliphatic carbocycles. The molecule has 1 saturated heterocycles. The van der Waals surface area contributed by atoms with Gasteiger partial charge in [0.25, 0.3) is 11.8 Å². The van der Waals surface area contributed by atoms with Crippen molar-refractivity contribution in [1.29, 1.82) is 0 Å². The molecular formula is C18H21N3O4S2. The summed E-state index contributed by atoms with van der Waals surface area (Å²) in [5.41, 5.74) is 0.777. The Bertz CT molecular complexity index is 847. The molecule has 1 aliphatic rings. The molecule has 1 unspecified atom stereocenters. The Morgan fingerprint density at radius 3 is 2.63 bits per heavy atom. The lowest BCUT2D eigenvalue weighted by Crippen LogP contribution is -2.34. The predicted octanol–water partition coefficient (Wildman–Crippen LogP) is 2.96. The maximum Gasteiger partial charge on any atom is 0.267 e. The molecule has 2 aromatic rings. The van der Waals surface area contributed by atoms with Gasteiger partial charge in [-0.05, 0) is 31.2 Å². The molecule has 9 heteroatoms. The molecule has 0 spiro atoms. The number of carbonyl (C=O) groups excluding carboxylic acids is 2. The fourth-order valence-corrected chi connectivity index (χ4v) is 4.58. The highest BCUT2D eigenvalue weighted by Gasteiger charge is 2.22. The number of amides is 2. The first-order valence-corrected chi connectivity index (χ1v) is 10.4. The second kappa shape index (κ2) is 8.62. The fraction of sp³-hybridized carbons (Fsp3) is 0.389. The first kappa shape index (κ1) is 19.5. The number of carbonyl (C=O) groups is 2. The van der Waals surface area contributed by atoms with Crippen molar-refractivity contribution in [1.82, 2.24) is 10.3 Å². The molecule has 0 saturated carbocycles. The molecule has 2 heterocycles. The largest absolute Gasteiger partial charge is 0.493 e. The zero-order valence-electron chi connectivity index (χ0n) is 15.3. The fourth-order valence-electron chi connectivity index (χ4n) is 2.76. The van der Waals surface area contributed by atoms with E-state index in [0.29, 0.717) is 27.6 Å². The van der Waals surface area contributed by atoms with E-state index in [4.69, 9.17) is 9.47 Å². The number of rotatable bonds is 6. The third-order valence-electron chi connectivity index (χ3n) is 4.10. The quantitative estimate of drug-likeness (QED) is 0.765. The highest BCUT2D eigenvalue weighted by Crippen LogP contribution is 2.37. The van der Waals surface area contributed by atoms with Crippen LogP contribution in [0.4, 0.5) is 5.69 Å². The second-order valence-electron chi connectivity index (χ2n) is 5.99. The Labute approximate surface area is 165 Å². The summed E-state index contributed by atoms with van der Waals surface area (Å²) in [5.74, 6) is 2.18. The molecule has 27 heavy (non-hydrogen) atoms. The molecule has 2 amide bonds. The Morgan fingerprint density at radius 1 is 1.22 bits per heavy atom. The van der Waals surface area contributed by atoms with Crippen LogP contribution in [0.3, 0.4) is 0 Å². The number of thiazole rings is 1. The minimum atomic E-state index is -0.314. The summed E-state index contributed by atoms with van der Waals surface area (Å²) >= 11 is 3.12. The average Bonchev–Trinajstić information content (AvgIpc) is 3.32. The number of thioether (sulfide) groups is 1. The van der Waals surface area contributed by atoms with E-state index in [1.165, 1.54) is 31.8 Å². The molecule has 2 N–H and O–H groups in total. The number of benzene rings is 1. The summed E-state index contributed by atoms with van der Waals surface area (Å²) in [7, 11) is 2.98. The summed E-state index contributed by atoms with van der Waals surface area (Å²) in [6.45, 7) is 1.83. The molecule has 0 bridgehead atoms. The number of aryl methyl sites for hydroxylation is 1. The number of aromatic nitrogens is 1. The van der Waals surface area contributed by atoms with Crippen LogP contribution in [0.2, 0.25) is 0 Å². The number of methoxy groups -OCH3 is 2. The maximum atomic E-state index is 12.6. The molecule has 0 radical (unpaired) electrons. The second-order valence-corrected chi connectivity index (χ2v) is 8.38. The summed E-state index contributed by atoms with van der Waals surface area (Å²) < 4.78 is 10.7. The van der Waals surface area contributed by atoms with E-state index >= 15 is 0 Å². The van der Waals surface area contributed by atoms with E-state index < -0.39 is 0 Å². The Hall–Kier alpha value is -2.26. The van der Waals surface area contributed by atoms with E-state index in [1.807, 2.05) is 18.7 Å². The van der Waals surface area contributed by atoms with Gasteiger partial charge in [0.2, 0.25) is 0 Å². The molecule has 1 fully saturated rings. The van der Waals surface area contributed by atoms with Gasteiger partial charge in [-0.25, -0.2) is 4.98 Å². The van der Waals surface area contributed by atoms with Crippen LogP contribution in [-0.4, -0.2) is 48.6 Å². The van der Waals surface area contributed by atoms with Crippen LogP contribution >= 0.6 is 23.1 Å². The van der Waals surface area contributed by atoms with Crippen LogP contribution in [0, 0.1) is 6.92 Å². The molecule has 1 aromatic carbocycles. The molecule has 1 atom stereocenters. The Kier molecular flexibility index (Phi) is 6.22. The van der Waals surface area contributed by atoms with Crippen molar-refractivity contribution >= 4 is 40.6 Å². The van der Waals surface area contributed by atoms with Crippen LogP contribution < -0.4 is 20.1 Å². The average molecular weight is 408 g/mol. The van der Waals surface area contributed by atoms with Gasteiger partial charge in [-0.2, -0.15) is 11.8 Å². The highest BCUT2D eigenvalue weighted by molar-refractivity contribution is 7.99. The van der Waals surface area contributed by atoms with Gasteiger partial charge >= 0.3 is 0 Å². The van der Waals surface area contributed by atoms with Crippen molar-refractivity contribution in [2.24, 2.45) is 0 Å². The number of hydrogen-bond acceptors (Lipinski definition) is 7. The van der Waals surface area contributed by atoms with Crippen molar-refractivity contribution in [2.45, 2.75) is 19.4 Å². The first-order valence-electron chi connectivity index (χ1n) is 8.40. The molecule has 1 aliphatic heterocycles. The van der Waals surface area contributed by atoms with Gasteiger partial charge in [-0.3, -0.25) is 9.59 Å². The third-order valence-corrected chi connectivity index (χ3v) is 6.17. The van der Waals surface area contributed by atoms with Gasteiger partial charge in [-0.1, -0.05) is 0 Å². The minimum absolute atomic E-state index is 0.161. The number of nitrogens with one attached hydrogen (secondary N) is 2. The summed E-state index contributed by atoms with van der Waals surface area (Å²) in [4.78, 5) is 29.7.